The van der Waals surface area contributed by atoms with Gasteiger partial charge in [-0.2, -0.15) is 0 Å². The zero-order valence-corrected chi connectivity index (χ0v) is 13.4. The minimum Gasteiger partial charge on any atom is -0.490 e. The summed E-state index contributed by atoms with van der Waals surface area (Å²) in [6.45, 7) is 2.15. The third-order valence-corrected chi connectivity index (χ3v) is 3.26. The number of nitrogens with one attached hydrogen (secondary N) is 1. The molecule has 3 N–H and O–H groups in total. The van der Waals surface area contributed by atoms with Crippen molar-refractivity contribution in [3.63, 3.8) is 0 Å². The molecule has 2 amide bonds. The number of carbonyl (C=O) groups excluding carboxylic acids is 2. The number of nitrogens with two attached hydrogens (primary N) is 1. The smallest absolute Gasteiger partial charge is 0.255 e. The minimum absolute atomic E-state index is 0.282. The van der Waals surface area contributed by atoms with E-state index in [-0.39, 0.29) is 6.61 Å². The largest absolute Gasteiger partial charge is 0.490 e. The van der Waals surface area contributed by atoms with Gasteiger partial charge in [0.15, 0.2) is 0 Å². The van der Waals surface area contributed by atoms with Crippen molar-refractivity contribution in [3.05, 3.63) is 60.2 Å². The Kier molecular flexibility index (Phi) is 6.19. The van der Waals surface area contributed by atoms with Gasteiger partial charge in [-0.05, 0) is 31.2 Å². The molecular formula is C18H20N2O4. The van der Waals surface area contributed by atoms with E-state index in [0.29, 0.717) is 17.9 Å². The maximum absolute atomic E-state index is 12.2. The summed E-state index contributed by atoms with van der Waals surface area (Å²) in [5, 5.41) is 2.53. The van der Waals surface area contributed by atoms with Crippen LogP contribution in [0.3, 0.4) is 0 Å². The predicted octanol–water partition coefficient (Wildman–Crippen LogP) is 1.75. The van der Waals surface area contributed by atoms with Crippen molar-refractivity contribution < 1.29 is 19.1 Å². The van der Waals surface area contributed by atoms with Crippen LogP contribution in [0.25, 0.3) is 0 Å². The number of hydrogen-bond acceptors (Lipinski definition) is 4. The third kappa shape index (κ3) is 5.01. The first-order chi connectivity index (χ1) is 11.6. The Morgan fingerprint density at radius 3 is 2.33 bits per heavy atom. The number of primary amides is 1. The molecule has 0 saturated carbocycles. The molecule has 24 heavy (non-hydrogen) atoms. The van der Waals surface area contributed by atoms with Crippen molar-refractivity contribution in [1.29, 1.82) is 0 Å². The molecule has 1 unspecified atom stereocenters. The standard InChI is InChI=1S/C18H20N2O4/c1-13(17(19)21)20-18(22)15-9-5-6-10-16(15)24-12-11-23-14-7-3-2-4-8-14/h2-10,13H,11-12H2,1H3,(H2,19,21)(H,20,22). The molecule has 2 aromatic rings. The molecule has 0 aliphatic heterocycles. The summed E-state index contributed by atoms with van der Waals surface area (Å²) in [5.41, 5.74) is 5.49. The summed E-state index contributed by atoms with van der Waals surface area (Å²) in [7, 11) is 0. The van der Waals surface area contributed by atoms with Crippen LogP contribution in [0.2, 0.25) is 0 Å². The van der Waals surface area contributed by atoms with Crippen molar-refractivity contribution in [2.75, 3.05) is 13.2 Å². The Morgan fingerprint density at radius 1 is 1.00 bits per heavy atom. The number of benzene rings is 2. The van der Waals surface area contributed by atoms with Crippen LogP contribution in [0.1, 0.15) is 17.3 Å². The van der Waals surface area contributed by atoms with Crippen molar-refractivity contribution in [2.45, 2.75) is 13.0 Å². The zero-order chi connectivity index (χ0) is 17.4. The lowest BCUT2D eigenvalue weighted by Crippen LogP contribution is -2.42. The number of amides is 2. The van der Waals surface area contributed by atoms with Gasteiger partial charge in [0.1, 0.15) is 30.8 Å². The van der Waals surface area contributed by atoms with Crippen molar-refractivity contribution in [2.24, 2.45) is 5.73 Å². The highest BCUT2D eigenvalue weighted by molar-refractivity contribution is 5.99. The van der Waals surface area contributed by atoms with Gasteiger partial charge < -0.3 is 20.5 Å². The van der Waals surface area contributed by atoms with Crippen molar-refractivity contribution in [1.82, 2.24) is 5.32 Å². The van der Waals surface area contributed by atoms with E-state index in [1.807, 2.05) is 30.3 Å². The van der Waals surface area contributed by atoms with Gasteiger partial charge in [0.25, 0.3) is 5.91 Å². The number of hydrogen-bond donors (Lipinski definition) is 2. The lowest BCUT2D eigenvalue weighted by Gasteiger charge is -2.14. The third-order valence-electron chi connectivity index (χ3n) is 3.26. The maximum Gasteiger partial charge on any atom is 0.255 e. The molecule has 0 bridgehead atoms. The molecule has 0 heterocycles. The molecule has 0 aliphatic carbocycles. The Hall–Kier alpha value is -3.02. The van der Waals surface area contributed by atoms with Gasteiger partial charge in [0.05, 0.1) is 5.56 Å². The van der Waals surface area contributed by atoms with Gasteiger partial charge in [-0.1, -0.05) is 30.3 Å². The predicted molar refractivity (Wildman–Crippen MR) is 90.0 cm³/mol. The lowest BCUT2D eigenvalue weighted by atomic mass is 10.1. The first-order valence-electron chi connectivity index (χ1n) is 7.58. The number of ether oxygens (including phenoxy) is 2. The number of rotatable bonds is 8. The fourth-order valence-electron chi connectivity index (χ4n) is 1.95. The van der Waals surface area contributed by atoms with Crippen LogP contribution in [0.5, 0.6) is 11.5 Å². The molecule has 2 aromatic carbocycles. The van der Waals surface area contributed by atoms with Crippen LogP contribution >= 0.6 is 0 Å². The fourth-order valence-corrected chi connectivity index (χ4v) is 1.95. The highest BCUT2D eigenvalue weighted by Crippen LogP contribution is 2.18. The van der Waals surface area contributed by atoms with E-state index in [2.05, 4.69) is 5.32 Å². The number of para-hydroxylation sites is 2. The molecule has 1 atom stereocenters. The maximum atomic E-state index is 12.2. The zero-order valence-electron chi connectivity index (χ0n) is 13.4. The van der Waals surface area contributed by atoms with E-state index in [1.165, 1.54) is 6.92 Å². The van der Waals surface area contributed by atoms with E-state index in [4.69, 9.17) is 15.2 Å². The Bertz CT molecular complexity index is 688. The second-order valence-electron chi connectivity index (χ2n) is 5.10. The molecule has 0 fully saturated rings. The molecule has 0 radical (unpaired) electrons. The van der Waals surface area contributed by atoms with Gasteiger partial charge in [-0.25, -0.2) is 0 Å². The second kappa shape index (κ2) is 8.57. The normalized spacial score (nSPS) is 11.4. The average molecular weight is 328 g/mol. The lowest BCUT2D eigenvalue weighted by molar-refractivity contribution is -0.119. The van der Waals surface area contributed by atoms with Crippen molar-refractivity contribution in [3.8, 4) is 11.5 Å². The van der Waals surface area contributed by atoms with E-state index < -0.39 is 17.9 Å². The summed E-state index contributed by atoms with van der Waals surface area (Å²) >= 11 is 0. The van der Waals surface area contributed by atoms with Crippen LogP contribution in [0, 0.1) is 0 Å². The van der Waals surface area contributed by atoms with Crippen LogP contribution in [-0.4, -0.2) is 31.1 Å². The van der Waals surface area contributed by atoms with E-state index in [9.17, 15) is 9.59 Å². The Morgan fingerprint density at radius 2 is 1.62 bits per heavy atom. The Labute approximate surface area is 140 Å². The Balaban J connectivity index is 1.91. The summed E-state index contributed by atoms with van der Waals surface area (Å²) in [6.07, 6.45) is 0. The molecule has 0 saturated heterocycles. The molecule has 6 nitrogen and oxygen atoms in total. The monoisotopic (exact) mass is 328 g/mol. The average Bonchev–Trinajstić information content (AvgIpc) is 2.59. The topological polar surface area (TPSA) is 90.7 Å². The van der Waals surface area contributed by atoms with Gasteiger partial charge in [-0.3, -0.25) is 9.59 Å². The first kappa shape index (κ1) is 17.3. The molecular weight excluding hydrogens is 308 g/mol. The van der Waals surface area contributed by atoms with Gasteiger partial charge in [0.2, 0.25) is 5.91 Å². The molecule has 6 heteroatoms. The first-order valence-corrected chi connectivity index (χ1v) is 7.58. The minimum atomic E-state index is -0.757. The summed E-state index contributed by atoms with van der Waals surface area (Å²) in [5.74, 6) is 0.157. The van der Waals surface area contributed by atoms with Crippen LogP contribution in [-0.2, 0) is 4.79 Å². The SMILES string of the molecule is CC(NC(=O)c1ccccc1OCCOc1ccccc1)C(N)=O. The van der Waals surface area contributed by atoms with E-state index >= 15 is 0 Å². The molecule has 126 valence electrons. The van der Waals surface area contributed by atoms with Gasteiger partial charge in [-0.15, -0.1) is 0 Å². The summed E-state index contributed by atoms with van der Waals surface area (Å²) in [4.78, 5) is 23.3. The van der Waals surface area contributed by atoms with Gasteiger partial charge in [0, 0.05) is 0 Å². The summed E-state index contributed by atoms with van der Waals surface area (Å²) in [6, 6.07) is 15.4. The number of carbonyl (C=O) groups is 2. The van der Waals surface area contributed by atoms with Gasteiger partial charge >= 0.3 is 0 Å². The highest BCUT2D eigenvalue weighted by atomic mass is 16.5. The highest BCUT2D eigenvalue weighted by Gasteiger charge is 2.17. The quantitative estimate of drug-likeness (QED) is 0.722. The summed E-state index contributed by atoms with van der Waals surface area (Å²) < 4.78 is 11.2. The molecule has 0 spiro atoms. The van der Waals surface area contributed by atoms with Crippen LogP contribution < -0.4 is 20.5 Å². The van der Waals surface area contributed by atoms with E-state index in [0.717, 1.165) is 5.75 Å². The van der Waals surface area contributed by atoms with Crippen LogP contribution in [0.4, 0.5) is 0 Å². The second-order valence-corrected chi connectivity index (χ2v) is 5.10. The fraction of sp³-hybridized carbons (Fsp3) is 0.222. The van der Waals surface area contributed by atoms with E-state index in [1.54, 1.807) is 24.3 Å². The molecule has 2 rings (SSSR count). The molecule has 0 aromatic heterocycles. The molecule has 0 aliphatic rings. The van der Waals surface area contributed by atoms with Crippen LogP contribution in [0.15, 0.2) is 54.6 Å². The van der Waals surface area contributed by atoms with Crippen molar-refractivity contribution >= 4 is 11.8 Å².